The van der Waals surface area contributed by atoms with Gasteiger partial charge < -0.3 is 16.5 Å². The van der Waals surface area contributed by atoms with Gasteiger partial charge >= 0.3 is 5.69 Å². The lowest BCUT2D eigenvalue weighted by molar-refractivity contribution is 0.100. The average molecular weight is 385 g/mol. The lowest BCUT2D eigenvalue weighted by Gasteiger charge is -2.00. The van der Waals surface area contributed by atoms with Crippen LogP contribution in [-0.2, 0) is 0 Å². The van der Waals surface area contributed by atoms with Crippen molar-refractivity contribution in [2.24, 2.45) is 5.73 Å². The van der Waals surface area contributed by atoms with Crippen molar-refractivity contribution in [1.82, 2.24) is 19.9 Å². The molecule has 0 spiro atoms. The Morgan fingerprint density at radius 1 is 1.04 bits per heavy atom. The summed E-state index contributed by atoms with van der Waals surface area (Å²) in [4.78, 5) is 44.5. The molecule has 132 valence electrons. The number of anilines is 1. The number of carbonyl (C=O) groups excluding carboxylic acids is 1. The number of hydrogen-bond donors (Lipinski definition) is 4. The number of primary amides is 1. The first-order valence-electron chi connectivity index (χ1n) is 6.28. The van der Waals surface area contributed by atoms with Gasteiger partial charge in [0.05, 0.1) is 22.2 Å². The van der Waals surface area contributed by atoms with Gasteiger partial charge in [-0.25, -0.2) is 14.8 Å². The third-order valence-electron chi connectivity index (χ3n) is 2.82. The summed E-state index contributed by atoms with van der Waals surface area (Å²) < 4.78 is 0. The van der Waals surface area contributed by atoms with Crippen LogP contribution in [0.15, 0.2) is 34.1 Å². The Bertz CT molecular complexity index is 1030. The zero-order chi connectivity index (χ0) is 17.9. The van der Waals surface area contributed by atoms with Crippen molar-refractivity contribution in [3.63, 3.8) is 0 Å². The number of aromatic nitrogens is 4. The highest BCUT2D eigenvalue weighted by atomic mass is 35.5. The second-order valence-corrected chi connectivity index (χ2v) is 5.08. The molecule has 1 amide bonds. The van der Waals surface area contributed by atoms with Crippen molar-refractivity contribution < 1.29 is 4.79 Å². The number of nitrogen functional groups attached to an aromatic ring is 1. The van der Waals surface area contributed by atoms with Crippen LogP contribution < -0.4 is 22.7 Å². The van der Waals surface area contributed by atoms with E-state index in [1.807, 2.05) is 0 Å². The molecular formula is C14H14Cl2N6O3. The average Bonchev–Trinajstić information content (AvgIpc) is 2.51. The third-order valence-corrected chi connectivity index (χ3v) is 3.41. The van der Waals surface area contributed by atoms with Crippen LogP contribution in [0.4, 0.5) is 5.69 Å². The van der Waals surface area contributed by atoms with Gasteiger partial charge in [0.15, 0.2) is 10.3 Å². The molecule has 11 heteroatoms. The molecule has 0 bridgehead atoms. The van der Waals surface area contributed by atoms with Crippen LogP contribution in [0.5, 0.6) is 0 Å². The summed E-state index contributed by atoms with van der Waals surface area (Å²) >= 11 is 11.2. The minimum Gasteiger partial charge on any atom is -0.396 e. The fraction of sp³-hybridized carbons (Fsp3) is 0.0714. The molecule has 0 saturated heterocycles. The van der Waals surface area contributed by atoms with Gasteiger partial charge in [0, 0.05) is 12.4 Å². The second-order valence-electron chi connectivity index (χ2n) is 4.36. The molecule has 0 saturated carbocycles. The first-order valence-corrected chi connectivity index (χ1v) is 7.03. The third kappa shape index (κ3) is 4.55. The fourth-order valence-corrected chi connectivity index (χ4v) is 2.09. The first-order chi connectivity index (χ1) is 11.3. The molecule has 0 unspecified atom stereocenters. The van der Waals surface area contributed by atoms with Crippen molar-refractivity contribution in [1.29, 1.82) is 0 Å². The van der Waals surface area contributed by atoms with Crippen molar-refractivity contribution in [2.75, 3.05) is 5.73 Å². The smallest absolute Gasteiger partial charge is 0.326 e. The van der Waals surface area contributed by atoms with E-state index in [1.54, 1.807) is 0 Å². The summed E-state index contributed by atoms with van der Waals surface area (Å²) in [7, 11) is 0. The van der Waals surface area contributed by atoms with E-state index in [0.29, 0.717) is 5.39 Å². The highest BCUT2D eigenvalue weighted by Gasteiger charge is 2.08. The van der Waals surface area contributed by atoms with E-state index in [1.165, 1.54) is 24.5 Å². The maximum absolute atomic E-state index is 11.2. The predicted molar refractivity (Wildman–Crippen MR) is 96.9 cm³/mol. The summed E-state index contributed by atoms with van der Waals surface area (Å²) in [5, 5.41) is 0.529. The molecule has 6 N–H and O–H groups in total. The van der Waals surface area contributed by atoms with Gasteiger partial charge in [0.2, 0.25) is 0 Å². The molecule has 0 aliphatic carbocycles. The van der Waals surface area contributed by atoms with Gasteiger partial charge in [-0.1, -0.05) is 30.6 Å². The Kier molecular flexibility index (Phi) is 6.66. The molecule has 0 aliphatic heterocycles. The van der Waals surface area contributed by atoms with Crippen molar-refractivity contribution in [3.8, 4) is 0 Å². The topological polar surface area (TPSA) is 161 Å². The molecular weight excluding hydrogens is 371 g/mol. The van der Waals surface area contributed by atoms with Gasteiger partial charge in [0.25, 0.3) is 11.5 Å². The second kappa shape index (κ2) is 8.27. The quantitative estimate of drug-likeness (QED) is 0.462. The lowest BCUT2D eigenvalue weighted by Crippen LogP contribution is -2.22. The first kappa shape index (κ1) is 20.1. The van der Waals surface area contributed by atoms with Gasteiger partial charge in [-0.2, -0.15) is 0 Å². The normalized spacial score (nSPS) is 9.68. The van der Waals surface area contributed by atoms with E-state index in [0.717, 1.165) is 0 Å². The Hall–Kier alpha value is -2.91. The van der Waals surface area contributed by atoms with Crippen LogP contribution in [0.25, 0.3) is 10.9 Å². The van der Waals surface area contributed by atoms with E-state index in [2.05, 4.69) is 19.9 Å². The van der Waals surface area contributed by atoms with Gasteiger partial charge in [-0.3, -0.25) is 14.6 Å². The highest BCUT2D eigenvalue weighted by molar-refractivity contribution is 6.33. The minimum absolute atomic E-state index is 0. The number of halogens is 2. The molecule has 0 aromatic carbocycles. The maximum atomic E-state index is 11.2. The molecule has 0 atom stereocenters. The van der Waals surface area contributed by atoms with Gasteiger partial charge in [-0.15, -0.1) is 0 Å². The number of rotatable bonds is 1. The zero-order valence-electron chi connectivity index (χ0n) is 11.8. The largest absolute Gasteiger partial charge is 0.396 e. The van der Waals surface area contributed by atoms with Crippen molar-refractivity contribution in [2.45, 2.75) is 7.43 Å². The number of nitrogens with zero attached hydrogens (tertiary/aromatic N) is 2. The Morgan fingerprint density at radius 2 is 1.64 bits per heavy atom. The Morgan fingerprint density at radius 3 is 2.24 bits per heavy atom. The Labute approximate surface area is 151 Å². The monoisotopic (exact) mass is 384 g/mol. The number of fused-ring (bicyclic) bond motifs is 1. The summed E-state index contributed by atoms with van der Waals surface area (Å²) in [5.74, 6) is -0.605. The zero-order valence-corrected chi connectivity index (χ0v) is 13.4. The number of hydrogen-bond acceptors (Lipinski definition) is 6. The number of nitrogens with one attached hydrogen (secondary N) is 2. The Balaban J connectivity index is 0.000000244. The number of amides is 1. The van der Waals surface area contributed by atoms with Crippen LogP contribution in [0.1, 0.15) is 17.8 Å². The fourth-order valence-electron chi connectivity index (χ4n) is 1.72. The van der Waals surface area contributed by atoms with Crippen LogP contribution >= 0.6 is 23.2 Å². The molecule has 25 heavy (non-hydrogen) atoms. The van der Waals surface area contributed by atoms with E-state index in [4.69, 9.17) is 34.7 Å². The van der Waals surface area contributed by atoms with E-state index in [9.17, 15) is 14.4 Å². The van der Waals surface area contributed by atoms with Crippen molar-refractivity contribution >= 4 is 45.7 Å². The summed E-state index contributed by atoms with van der Waals surface area (Å²) in [6, 6.07) is 2.90. The van der Waals surface area contributed by atoms with Crippen LogP contribution in [-0.4, -0.2) is 25.8 Å². The SMILES string of the molecule is C.NC(=O)c1ccnc(Cl)c1N.O=c1[nH]c(=O)c2ccnc(Cl)c2[nH]1. The molecule has 0 radical (unpaired) electrons. The number of nitrogens with two attached hydrogens (primary N) is 2. The van der Waals surface area contributed by atoms with Crippen LogP contribution in [0.2, 0.25) is 10.3 Å². The summed E-state index contributed by atoms with van der Waals surface area (Å²) in [5.41, 5.74) is 9.89. The van der Waals surface area contributed by atoms with E-state index >= 15 is 0 Å². The number of pyridine rings is 2. The summed E-state index contributed by atoms with van der Waals surface area (Å²) in [6.07, 6.45) is 2.77. The van der Waals surface area contributed by atoms with Crippen LogP contribution in [0, 0.1) is 0 Å². The molecule has 9 nitrogen and oxygen atoms in total. The molecule has 0 fully saturated rings. The minimum atomic E-state index is -0.605. The number of carbonyl (C=O) groups is 1. The number of aromatic amines is 2. The van der Waals surface area contributed by atoms with Gasteiger partial charge in [0.1, 0.15) is 0 Å². The molecule has 3 heterocycles. The molecule has 3 aromatic rings. The maximum Gasteiger partial charge on any atom is 0.326 e. The predicted octanol–water partition coefficient (Wildman–Crippen LogP) is 1.32. The van der Waals surface area contributed by atoms with Gasteiger partial charge in [-0.05, 0) is 12.1 Å². The standard InChI is InChI=1S/C7H4ClN3O2.C6H6ClN3O.CH4/c8-5-4-3(1-2-9-5)6(12)11-7(13)10-4;7-5-4(8)3(6(9)11)1-2-10-5;/h1-2H,(H2,10,11,12,13);1-2H,8H2,(H2,9,11);1H4. The van der Waals surface area contributed by atoms with E-state index in [-0.39, 0.29) is 34.5 Å². The molecule has 3 rings (SSSR count). The van der Waals surface area contributed by atoms with Crippen LogP contribution in [0.3, 0.4) is 0 Å². The molecule has 0 aliphatic rings. The number of H-pyrrole nitrogens is 2. The van der Waals surface area contributed by atoms with E-state index < -0.39 is 17.2 Å². The summed E-state index contributed by atoms with van der Waals surface area (Å²) in [6.45, 7) is 0. The molecule has 3 aromatic heterocycles. The lowest BCUT2D eigenvalue weighted by atomic mass is 10.2. The van der Waals surface area contributed by atoms with Crippen molar-refractivity contribution in [3.05, 3.63) is 61.2 Å². The highest BCUT2D eigenvalue weighted by Crippen LogP contribution is 2.18.